The van der Waals surface area contributed by atoms with Gasteiger partial charge in [-0.25, -0.2) is 0 Å². The van der Waals surface area contributed by atoms with Crippen LogP contribution in [0.25, 0.3) is 0 Å². The van der Waals surface area contributed by atoms with Crippen LogP contribution in [0.5, 0.6) is 0 Å². The Morgan fingerprint density at radius 3 is 2.32 bits per heavy atom. The summed E-state index contributed by atoms with van der Waals surface area (Å²) in [5.74, 6) is -2.09. The largest absolute Gasteiger partial charge is 0.471 e. The average Bonchev–Trinajstić information content (AvgIpc) is 2.33. The molecule has 0 saturated heterocycles. The molecule has 0 atom stereocenters. The third-order valence-corrected chi connectivity index (χ3v) is 2.25. The molecular formula is C12H12ClF3N2O. The van der Waals surface area contributed by atoms with Crippen molar-refractivity contribution in [2.45, 2.75) is 26.9 Å². The molecule has 19 heavy (non-hydrogen) atoms. The molecule has 0 spiro atoms. The van der Waals surface area contributed by atoms with Crippen LogP contribution in [0.4, 0.5) is 18.9 Å². The number of hydrogen-bond donors (Lipinski definition) is 1. The van der Waals surface area contributed by atoms with Gasteiger partial charge in [0.15, 0.2) is 0 Å². The van der Waals surface area contributed by atoms with E-state index < -0.39 is 12.1 Å². The highest BCUT2D eigenvalue weighted by molar-refractivity contribution is 6.32. The van der Waals surface area contributed by atoms with E-state index in [2.05, 4.69) is 0 Å². The third-order valence-electron chi connectivity index (χ3n) is 1.94. The standard InChI is InChI=1S/C10H6ClF3N2O.C2H6/c1-5-2-7(11)6(4-15)3-8(5)16-9(17)10(12,13)14;1-2/h2-3H,1H3,(H,16,17);1-2H3. The summed E-state index contributed by atoms with van der Waals surface area (Å²) in [4.78, 5) is 10.7. The third kappa shape index (κ3) is 4.79. The Balaban J connectivity index is 0.00000154. The van der Waals surface area contributed by atoms with E-state index in [1.165, 1.54) is 13.0 Å². The highest BCUT2D eigenvalue weighted by atomic mass is 35.5. The summed E-state index contributed by atoms with van der Waals surface area (Å²) in [6.07, 6.45) is -4.97. The molecule has 0 heterocycles. The smallest absolute Gasteiger partial charge is 0.318 e. The van der Waals surface area contributed by atoms with Gasteiger partial charge in [-0.05, 0) is 24.6 Å². The number of nitriles is 1. The van der Waals surface area contributed by atoms with E-state index >= 15 is 0 Å². The van der Waals surface area contributed by atoms with Gasteiger partial charge in [0.25, 0.3) is 0 Å². The fourth-order valence-corrected chi connectivity index (χ4v) is 1.35. The lowest BCUT2D eigenvalue weighted by Crippen LogP contribution is -2.30. The first-order valence-electron chi connectivity index (χ1n) is 5.34. The number of aryl methyl sites for hydroxylation is 1. The molecule has 0 aliphatic carbocycles. The van der Waals surface area contributed by atoms with Crippen LogP contribution < -0.4 is 5.32 Å². The Morgan fingerprint density at radius 1 is 1.37 bits per heavy atom. The van der Waals surface area contributed by atoms with Crippen LogP contribution in [-0.2, 0) is 4.79 Å². The minimum Gasteiger partial charge on any atom is -0.318 e. The fourth-order valence-electron chi connectivity index (χ4n) is 1.09. The maximum absolute atomic E-state index is 12.0. The topological polar surface area (TPSA) is 52.9 Å². The van der Waals surface area contributed by atoms with Crippen LogP contribution in [0, 0.1) is 18.3 Å². The van der Waals surface area contributed by atoms with Crippen LogP contribution in [0.15, 0.2) is 12.1 Å². The van der Waals surface area contributed by atoms with Gasteiger partial charge in [-0.2, -0.15) is 18.4 Å². The number of amides is 1. The summed E-state index contributed by atoms with van der Waals surface area (Å²) in [6.45, 7) is 5.47. The zero-order valence-corrected chi connectivity index (χ0v) is 11.3. The van der Waals surface area contributed by atoms with Crippen molar-refractivity contribution in [3.8, 4) is 6.07 Å². The molecular weight excluding hydrogens is 281 g/mol. The predicted octanol–water partition coefficient (Wildman–Crippen LogP) is 4.05. The number of halogens is 4. The lowest BCUT2D eigenvalue weighted by Gasteiger charge is -2.11. The van der Waals surface area contributed by atoms with E-state index in [1.807, 2.05) is 13.8 Å². The van der Waals surface area contributed by atoms with Gasteiger partial charge in [-0.1, -0.05) is 25.4 Å². The first-order chi connectivity index (χ1) is 8.75. The Labute approximate surface area is 114 Å². The number of benzene rings is 1. The molecule has 0 aliphatic rings. The van der Waals surface area contributed by atoms with Gasteiger partial charge >= 0.3 is 12.1 Å². The maximum Gasteiger partial charge on any atom is 0.471 e. The minimum atomic E-state index is -4.97. The van der Waals surface area contributed by atoms with Crippen LogP contribution in [0.2, 0.25) is 5.02 Å². The predicted molar refractivity (Wildman–Crippen MR) is 66.9 cm³/mol. The number of nitrogens with zero attached hydrogens (tertiary/aromatic N) is 1. The van der Waals surface area contributed by atoms with Crippen LogP contribution in [0.1, 0.15) is 25.0 Å². The molecule has 1 N–H and O–H groups in total. The molecule has 1 amide bonds. The fraction of sp³-hybridized carbons (Fsp3) is 0.333. The second kappa shape index (κ2) is 7.00. The van der Waals surface area contributed by atoms with E-state index in [-0.39, 0.29) is 16.3 Å². The summed E-state index contributed by atoms with van der Waals surface area (Å²) in [5, 5.41) is 10.5. The molecule has 1 rings (SSSR count). The molecule has 0 saturated carbocycles. The zero-order chi connectivity index (χ0) is 15.2. The van der Waals surface area contributed by atoms with Crippen molar-refractivity contribution >= 4 is 23.2 Å². The number of carbonyl (C=O) groups is 1. The summed E-state index contributed by atoms with van der Waals surface area (Å²) in [6, 6.07) is 4.12. The summed E-state index contributed by atoms with van der Waals surface area (Å²) < 4.78 is 36.1. The number of hydrogen-bond acceptors (Lipinski definition) is 2. The molecule has 0 fully saturated rings. The molecule has 0 radical (unpaired) electrons. The number of nitrogens with one attached hydrogen (secondary N) is 1. The highest BCUT2D eigenvalue weighted by Gasteiger charge is 2.38. The molecule has 0 aromatic heterocycles. The Kier molecular flexibility index (Phi) is 6.36. The van der Waals surface area contributed by atoms with Crippen molar-refractivity contribution in [1.82, 2.24) is 0 Å². The SMILES string of the molecule is CC.Cc1cc(Cl)c(C#N)cc1NC(=O)C(F)(F)F. The molecule has 104 valence electrons. The van der Waals surface area contributed by atoms with Gasteiger partial charge in [0.1, 0.15) is 6.07 Å². The van der Waals surface area contributed by atoms with E-state index in [4.69, 9.17) is 16.9 Å². The van der Waals surface area contributed by atoms with Gasteiger partial charge in [-0.3, -0.25) is 4.79 Å². The van der Waals surface area contributed by atoms with Crippen molar-refractivity contribution in [2.75, 3.05) is 5.32 Å². The molecule has 1 aromatic carbocycles. The molecule has 1 aromatic rings. The van der Waals surface area contributed by atoms with E-state index in [9.17, 15) is 18.0 Å². The lowest BCUT2D eigenvalue weighted by molar-refractivity contribution is -0.167. The van der Waals surface area contributed by atoms with Crippen molar-refractivity contribution in [3.63, 3.8) is 0 Å². The first kappa shape index (κ1) is 17.3. The van der Waals surface area contributed by atoms with E-state index in [0.717, 1.165) is 6.07 Å². The monoisotopic (exact) mass is 292 g/mol. The van der Waals surface area contributed by atoms with E-state index in [0.29, 0.717) is 5.56 Å². The molecule has 0 aliphatic heterocycles. The van der Waals surface area contributed by atoms with Gasteiger partial charge in [0.2, 0.25) is 0 Å². The Bertz CT molecular complexity index is 507. The van der Waals surface area contributed by atoms with Crippen molar-refractivity contribution in [2.24, 2.45) is 0 Å². The van der Waals surface area contributed by atoms with Crippen LogP contribution in [0.3, 0.4) is 0 Å². The number of alkyl halides is 3. The zero-order valence-electron chi connectivity index (χ0n) is 10.5. The number of carbonyl (C=O) groups excluding carboxylic acids is 1. The Hall–Kier alpha value is -1.74. The summed E-state index contributed by atoms with van der Waals surface area (Å²) in [5.41, 5.74) is 0.245. The van der Waals surface area contributed by atoms with Gasteiger partial charge < -0.3 is 5.32 Å². The van der Waals surface area contributed by atoms with E-state index in [1.54, 1.807) is 11.4 Å². The quantitative estimate of drug-likeness (QED) is 0.849. The van der Waals surface area contributed by atoms with Crippen molar-refractivity contribution < 1.29 is 18.0 Å². The molecule has 0 unspecified atom stereocenters. The van der Waals surface area contributed by atoms with Crippen molar-refractivity contribution in [3.05, 3.63) is 28.3 Å². The maximum atomic E-state index is 12.0. The highest BCUT2D eigenvalue weighted by Crippen LogP contribution is 2.26. The first-order valence-corrected chi connectivity index (χ1v) is 5.72. The van der Waals surface area contributed by atoms with Gasteiger partial charge in [0, 0.05) is 5.69 Å². The van der Waals surface area contributed by atoms with Crippen LogP contribution >= 0.6 is 11.6 Å². The molecule has 3 nitrogen and oxygen atoms in total. The second-order valence-electron chi connectivity index (χ2n) is 3.21. The second-order valence-corrected chi connectivity index (χ2v) is 3.62. The number of rotatable bonds is 1. The molecule has 0 bridgehead atoms. The Morgan fingerprint density at radius 2 is 1.89 bits per heavy atom. The van der Waals surface area contributed by atoms with Crippen LogP contribution in [-0.4, -0.2) is 12.1 Å². The normalized spacial score (nSPS) is 10.0. The van der Waals surface area contributed by atoms with Gasteiger partial charge in [-0.15, -0.1) is 0 Å². The average molecular weight is 293 g/mol. The lowest BCUT2D eigenvalue weighted by atomic mass is 10.1. The number of anilines is 1. The molecule has 7 heteroatoms. The minimum absolute atomic E-state index is 0.00487. The van der Waals surface area contributed by atoms with Crippen molar-refractivity contribution in [1.29, 1.82) is 5.26 Å². The van der Waals surface area contributed by atoms with Gasteiger partial charge in [0.05, 0.1) is 10.6 Å². The summed E-state index contributed by atoms with van der Waals surface area (Å²) >= 11 is 5.67. The summed E-state index contributed by atoms with van der Waals surface area (Å²) in [7, 11) is 0.